The van der Waals surface area contributed by atoms with E-state index in [4.69, 9.17) is 4.74 Å². The van der Waals surface area contributed by atoms with E-state index >= 15 is 0 Å². The van der Waals surface area contributed by atoms with Gasteiger partial charge in [0.25, 0.3) is 5.91 Å². The zero-order valence-electron chi connectivity index (χ0n) is 23.1. The predicted octanol–water partition coefficient (Wildman–Crippen LogP) is 7.39. The number of aliphatic hydroxyl groups is 1. The van der Waals surface area contributed by atoms with Gasteiger partial charge in [0, 0.05) is 33.6 Å². The molecule has 2 heterocycles. The maximum Gasteiger partial charge on any atom is 0.392 e. The molecule has 220 valence electrons. The minimum absolute atomic E-state index is 0.317. The molecule has 0 aliphatic heterocycles. The number of hydrogen-bond acceptors (Lipinski definition) is 8. The van der Waals surface area contributed by atoms with Crippen LogP contribution in [0, 0.1) is 6.92 Å². The third-order valence-electron chi connectivity index (χ3n) is 6.26. The molecule has 4 rings (SSSR count). The molecule has 1 amide bonds. The summed E-state index contributed by atoms with van der Waals surface area (Å²) in [5.74, 6) is 0.904. The molecule has 0 spiro atoms. The van der Waals surface area contributed by atoms with Gasteiger partial charge in [0.05, 0.1) is 23.7 Å². The Morgan fingerprint density at radius 2 is 1.93 bits per heavy atom. The number of amides is 1. The van der Waals surface area contributed by atoms with Crippen molar-refractivity contribution < 1.29 is 27.8 Å². The first-order chi connectivity index (χ1) is 20.1. The summed E-state index contributed by atoms with van der Waals surface area (Å²) >= 11 is 1.39. The van der Waals surface area contributed by atoms with Crippen LogP contribution in [0.25, 0.3) is 10.2 Å². The molecule has 0 saturated carbocycles. The number of fused-ring (bicyclic) bond motifs is 1. The third-order valence-corrected chi connectivity index (χ3v) is 7.25. The summed E-state index contributed by atoms with van der Waals surface area (Å²) in [6, 6.07) is 12.4. The Morgan fingerprint density at radius 3 is 2.62 bits per heavy atom. The number of ether oxygens (including phenoxy) is 1. The molecule has 12 heteroatoms. The fraction of sp³-hybridized carbons (Fsp3) is 0.233. The van der Waals surface area contributed by atoms with Crippen molar-refractivity contribution in [2.75, 3.05) is 17.7 Å². The zero-order valence-corrected chi connectivity index (χ0v) is 23.9. The molecule has 0 aliphatic carbocycles. The van der Waals surface area contributed by atoms with Gasteiger partial charge in [0.2, 0.25) is 0 Å². The summed E-state index contributed by atoms with van der Waals surface area (Å²) in [4.78, 5) is 21.7. The van der Waals surface area contributed by atoms with E-state index in [0.717, 1.165) is 27.8 Å². The Bertz CT molecular complexity index is 1600. The number of anilines is 3. The third kappa shape index (κ3) is 7.86. The smallest absolute Gasteiger partial charge is 0.392 e. The number of rotatable bonds is 11. The number of carbonyl (C=O) groups excluding carboxylic acids is 1. The molecule has 42 heavy (non-hydrogen) atoms. The lowest BCUT2D eigenvalue weighted by Gasteiger charge is -2.17. The van der Waals surface area contributed by atoms with Crippen molar-refractivity contribution in [3.8, 4) is 5.75 Å². The fourth-order valence-electron chi connectivity index (χ4n) is 3.96. The van der Waals surface area contributed by atoms with Gasteiger partial charge in [0.15, 0.2) is 12.0 Å². The molecule has 0 radical (unpaired) electrons. The largest absolute Gasteiger partial charge is 0.497 e. The molecule has 0 aliphatic rings. The minimum atomic E-state index is -4.28. The molecule has 4 N–H and O–H groups in total. The Kier molecular flexibility index (Phi) is 9.81. The van der Waals surface area contributed by atoms with Crippen molar-refractivity contribution in [1.82, 2.24) is 15.3 Å². The highest BCUT2D eigenvalue weighted by Gasteiger charge is 2.24. The standard InChI is InChI=1S/C30H30F3N5O3S/c1-4-20(7-5-6-14-30(31,32)33)37-28(39)19-9-8-18(2)24(15-19)38-29(40)23-16-42-26-25(23)34-17-35-27(26)36-21-10-12-22(41-3)13-11-21/h5-13,15-17,29,38,40H,4,14H2,1-3H3,(H,37,39)(H,34,35,36). The number of aliphatic hydroxyl groups excluding tert-OH is 1. The highest BCUT2D eigenvalue weighted by atomic mass is 32.1. The molecule has 0 saturated heterocycles. The van der Waals surface area contributed by atoms with Crippen LogP contribution in [0.3, 0.4) is 0 Å². The van der Waals surface area contributed by atoms with Crippen molar-refractivity contribution in [3.05, 3.63) is 94.8 Å². The molecule has 4 aromatic rings. The van der Waals surface area contributed by atoms with Crippen LogP contribution in [0.1, 0.15) is 47.5 Å². The SMILES string of the molecule is CCC(=CC=CCC(F)(F)F)NC(=O)c1ccc(C)c(NC(O)c2csc3c(Nc4ccc(OC)cc4)ncnc23)c1. The number of carbonyl (C=O) groups is 1. The molecular weight excluding hydrogens is 567 g/mol. The lowest BCUT2D eigenvalue weighted by atomic mass is 10.1. The number of benzene rings is 2. The highest BCUT2D eigenvalue weighted by molar-refractivity contribution is 7.18. The number of aryl methyl sites for hydroxylation is 1. The minimum Gasteiger partial charge on any atom is -0.497 e. The second-order valence-corrected chi connectivity index (χ2v) is 10.1. The van der Waals surface area contributed by atoms with Crippen molar-refractivity contribution in [2.45, 2.75) is 39.1 Å². The van der Waals surface area contributed by atoms with Crippen LogP contribution in [0.2, 0.25) is 0 Å². The molecule has 1 atom stereocenters. The van der Waals surface area contributed by atoms with Crippen molar-refractivity contribution in [3.63, 3.8) is 0 Å². The Morgan fingerprint density at radius 1 is 1.17 bits per heavy atom. The topological polar surface area (TPSA) is 108 Å². The van der Waals surface area contributed by atoms with E-state index in [0.29, 0.717) is 40.3 Å². The summed E-state index contributed by atoms with van der Waals surface area (Å²) in [5.41, 5.74) is 4.05. The van der Waals surface area contributed by atoms with Gasteiger partial charge in [-0.15, -0.1) is 11.3 Å². The lowest BCUT2D eigenvalue weighted by Crippen LogP contribution is -2.22. The first-order valence-corrected chi connectivity index (χ1v) is 13.9. The van der Waals surface area contributed by atoms with Crippen molar-refractivity contribution in [2.24, 2.45) is 0 Å². The van der Waals surface area contributed by atoms with Crippen molar-refractivity contribution in [1.29, 1.82) is 0 Å². The van der Waals surface area contributed by atoms with Gasteiger partial charge in [-0.3, -0.25) is 4.79 Å². The van der Waals surface area contributed by atoms with Gasteiger partial charge >= 0.3 is 6.18 Å². The molecule has 2 aromatic heterocycles. The molecule has 1 unspecified atom stereocenters. The normalized spacial score (nSPS) is 12.9. The van der Waals surface area contributed by atoms with E-state index < -0.39 is 24.7 Å². The van der Waals surface area contributed by atoms with Crippen LogP contribution in [0.5, 0.6) is 5.75 Å². The van der Waals surface area contributed by atoms with E-state index in [2.05, 4.69) is 25.9 Å². The van der Waals surface area contributed by atoms with E-state index in [1.807, 2.05) is 31.2 Å². The number of halogens is 3. The van der Waals surface area contributed by atoms with Gasteiger partial charge in [-0.05, 0) is 61.4 Å². The number of thiophene rings is 1. The molecule has 0 bridgehead atoms. The van der Waals surface area contributed by atoms with E-state index in [1.54, 1.807) is 37.6 Å². The van der Waals surface area contributed by atoms with Crippen LogP contribution in [-0.4, -0.2) is 34.3 Å². The highest BCUT2D eigenvalue weighted by Crippen LogP contribution is 2.35. The second kappa shape index (κ2) is 13.5. The van der Waals surface area contributed by atoms with E-state index in [9.17, 15) is 23.1 Å². The molecule has 0 fully saturated rings. The number of methoxy groups -OCH3 is 1. The summed E-state index contributed by atoms with van der Waals surface area (Å²) in [5, 5.41) is 22.0. The predicted molar refractivity (Wildman–Crippen MR) is 159 cm³/mol. The van der Waals surface area contributed by atoms with Crippen LogP contribution < -0.4 is 20.7 Å². The van der Waals surface area contributed by atoms with Gasteiger partial charge in [-0.25, -0.2) is 9.97 Å². The van der Waals surface area contributed by atoms with Crippen molar-refractivity contribution >= 4 is 44.7 Å². The number of nitrogens with zero attached hydrogens (tertiary/aromatic N) is 2. The Hall–Kier alpha value is -4.42. The summed E-state index contributed by atoms with van der Waals surface area (Å²) in [7, 11) is 1.60. The first-order valence-electron chi connectivity index (χ1n) is 13.0. The number of hydrogen-bond donors (Lipinski definition) is 4. The average molecular weight is 598 g/mol. The number of allylic oxidation sites excluding steroid dienone is 4. The number of nitrogens with one attached hydrogen (secondary N) is 3. The maximum atomic E-state index is 12.9. The molecule has 2 aromatic carbocycles. The molecular formula is C30H30F3N5O3S. The number of aromatic nitrogens is 2. The average Bonchev–Trinajstić information content (AvgIpc) is 3.41. The number of alkyl halides is 3. The zero-order chi connectivity index (χ0) is 30.3. The summed E-state index contributed by atoms with van der Waals surface area (Å²) in [6.45, 7) is 3.62. The van der Waals surface area contributed by atoms with Gasteiger partial charge in [-0.1, -0.05) is 25.1 Å². The fourth-order valence-corrected chi connectivity index (χ4v) is 4.94. The van der Waals surface area contributed by atoms with Gasteiger partial charge < -0.3 is 25.8 Å². The van der Waals surface area contributed by atoms with Crippen LogP contribution in [0.15, 0.2) is 78.1 Å². The Labute approximate surface area is 245 Å². The lowest BCUT2D eigenvalue weighted by molar-refractivity contribution is -0.125. The molecule has 8 nitrogen and oxygen atoms in total. The van der Waals surface area contributed by atoms with E-state index in [1.165, 1.54) is 29.8 Å². The monoisotopic (exact) mass is 597 g/mol. The van der Waals surface area contributed by atoms with Crippen LogP contribution >= 0.6 is 11.3 Å². The second-order valence-electron chi connectivity index (χ2n) is 9.27. The first kappa shape index (κ1) is 30.5. The summed E-state index contributed by atoms with van der Waals surface area (Å²) in [6.07, 6.45) is -0.910. The summed E-state index contributed by atoms with van der Waals surface area (Å²) < 4.78 is 43.1. The van der Waals surface area contributed by atoms with Crippen LogP contribution in [0.4, 0.5) is 30.4 Å². The quantitative estimate of drug-likeness (QED) is 0.105. The maximum absolute atomic E-state index is 12.9. The van der Waals surface area contributed by atoms with Gasteiger partial charge in [0.1, 0.15) is 12.1 Å². The van der Waals surface area contributed by atoms with E-state index in [-0.39, 0.29) is 0 Å². The van der Waals surface area contributed by atoms with Gasteiger partial charge in [-0.2, -0.15) is 13.2 Å². The van der Waals surface area contributed by atoms with Crippen LogP contribution in [-0.2, 0) is 0 Å². The Balaban J connectivity index is 1.49.